The zero-order valence-corrected chi connectivity index (χ0v) is 23.4. The molecule has 1 saturated heterocycles. The van der Waals surface area contributed by atoms with Crippen molar-refractivity contribution in [3.8, 4) is 11.5 Å². The molecule has 0 unspecified atom stereocenters. The molecule has 1 aliphatic heterocycles. The number of rotatable bonds is 6. The topological polar surface area (TPSA) is 183 Å². The Morgan fingerprint density at radius 2 is 1.60 bits per heavy atom. The lowest BCUT2D eigenvalue weighted by Gasteiger charge is -2.50. The second kappa shape index (κ2) is 9.83. The van der Waals surface area contributed by atoms with Crippen molar-refractivity contribution in [2.24, 2.45) is 17.3 Å². The molecule has 1 heterocycles. The molecule has 2 aromatic carbocycles. The Hall–Kier alpha value is -4.39. The third-order valence-corrected chi connectivity index (χ3v) is 9.25. The summed E-state index contributed by atoms with van der Waals surface area (Å²) in [5.41, 5.74) is -2.88. The van der Waals surface area contributed by atoms with E-state index in [4.69, 9.17) is 18.9 Å². The number of Topliss-reactive ketones (excluding diaryl/α,β-unsaturated/α-hetero) is 3. The number of carbonyl (C=O) groups excluding carboxylic acids is 5. The molecule has 1 spiro atoms. The van der Waals surface area contributed by atoms with Gasteiger partial charge in [-0.25, -0.2) is 0 Å². The van der Waals surface area contributed by atoms with Gasteiger partial charge in [-0.3, -0.25) is 24.0 Å². The van der Waals surface area contributed by atoms with Crippen LogP contribution in [0.1, 0.15) is 55.9 Å². The number of hydrogen-bond donors (Lipinski definition) is 3. The zero-order chi connectivity index (χ0) is 31.0. The highest BCUT2D eigenvalue weighted by atomic mass is 16.7. The molecule has 6 atom stereocenters. The summed E-state index contributed by atoms with van der Waals surface area (Å²) in [5.74, 6) is -9.62. The number of fused-ring (bicyclic) bond motifs is 3. The standard InChI is InChI=1S/C31H28O12/c1-40-19(35)10-13-12-30-25(29(39)22-15(7-5-9-17(22)33)31(30,42-3)43-13)23(18(34)11-20(36)41-2)24-26(30)28(38)21-14(27(24)37)6-4-8-16(21)32/h4-9,13,18,23,25,32-34H,10-12H2,1-3H3/t13-,18-,23-,25-,30+,31-/m1/s1. The highest BCUT2D eigenvalue weighted by molar-refractivity contribution is 6.30. The maximum absolute atomic E-state index is 14.6. The molecular weight excluding hydrogens is 564 g/mol. The fourth-order valence-electron chi connectivity index (χ4n) is 7.78. The Balaban J connectivity index is 1.72. The lowest BCUT2D eigenvalue weighted by molar-refractivity contribution is -0.269. The van der Waals surface area contributed by atoms with Gasteiger partial charge in [-0.1, -0.05) is 24.3 Å². The van der Waals surface area contributed by atoms with Gasteiger partial charge in [0, 0.05) is 41.2 Å². The molecule has 0 bridgehead atoms. The number of benzene rings is 2. The second-order valence-electron chi connectivity index (χ2n) is 11.1. The van der Waals surface area contributed by atoms with E-state index >= 15 is 0 Å². The van der Waals surface area contributed by atoms with E-state index in [0.717, 1.165) is 7.11 Å². The van der Waals surface area contributed by atoms with Crippen molar-refractivity contribution in [1.29, 1.82) is 0 Å². The van der Waals surface area contributed by atoms with Crippen molar-refractivity contribution < 1.29 is 58.2 Å². The summed E-state index contributed by atoms with van der Waals surface area (Å²) >= 11 is 0. The molecule has 4 aliphatic rings. The number of aliphatic hydroxyl groups excluding tert-OH is 1. The third kappa shape index (κ3) is 3.57. The maximum Gasteiger partial charge on any atom is 0.308 e. The molecule has 3 aliphatic carbocycles. The van der Waals surface area contributed by atoms with Gasteiger partial charge in [-0.05, 0) is 18.6 Å². The van der Waals surface area contributed by atoms with Crippen LogP contribution in [0.3, 0.4) is 0 Å². The zero-order valence-electron chi connectivity index (χ0n) is 23.4. The van der Waals surface area contributed by atoms with Crippen molar-refractivity contribution in [3.05, 3.63) is 69.8 Å². The second-order valence-corrected chi connectivity index (χ2v) is 11.1. The minimum absolute atomic E-state index is 0.0573. The van der Waals surface area contributed by atoms with Crippen LogP contribution in [-0.2, 0) is 34.3 Å². The summed E-state index contributed by atoms with van der Waals surface area (Å²) in [4.78, 5) is 68.2. The molecule has 6 rings (SSSR count). The molecule has 0 aromatic heterocycles. The average Bonchev–Trinajstić information content (AvgIpc) is 3.48. The highest BCUT2D eigenvalue weighted by Gasteiger charge is 2.78. The van der Waals surface area contributed by atoms with Crippen LogP contribution in [0.5, 0.6) is 11.5 Å². The van der Waals surface area contributed by atoms with E-state index in [2.05, 4.69) is 0 Å². The van der Waals surface area contributed by atoms with Crippen molar-refractivity contribution in [1.82, 2.24) is 0 Å². The summed E-state index contributed by atoms with van der Waals surface area (Å²) in [7, 11) is 3.57. The van der Waals surface area contributed by atoms with Gasteiger partial charge in [0.25, 0.3) is 0 Å². The van der Waals surface area contributed by atoms with Crippen molar-refractivity contribution >= 4 is 29.3 Å². The molecule has 0 saturated carbocycles. The minimum atomic E-state index is -2.03. The van der Waals surface area contributed by atoms with Gasteiger partial charge in [0.2, 0.25) is 5.79 Å². The number of aromatic hydroxyl groups is 2. The van der Waals surface area contributed by atoms with E-state index in [1.165, 1.54) is 50.6 Å². The van der Waals surface area contributed by atoms with Crippen LogP contribution < -0.4 is 0 Å². The Morgan fingerprint density at radius 3 is 2.26 bits per heavy atom. The van der Waals surface area contributed by atoms with E-state index < -0.39 is 82.5 Å². The molecule has 3 N–H and O–H groups in total. The fourth-order valence-corrected chi connectivity index (χ4v) is 7.78. The summed E-state index contributed by atoms with van der Waals surface area (Å²) in [6.45, 7) is 0. The monoisotopic (exact) mass is 592 g/mol. The highest BCUT2D eigenvalue weighted by Crippen LogP contribution is 2.73. The van der Waals surface area contributed by atoms with Crippen LogP contribution >= 0.6 is 0 Å². The molecule has 1 fully saturated rings. The van der Waals surface area contributed by atoms with Gasteiger partial charge in [0.05, 0.1) is 55.8 Å². The number of phenolic OH excluding ortho intramolecular Hbond substituents is 2. The Bertz CT molecular complexity index is 1660. The van der Waals surface area contributed by atoms with Gasteiger partial charge in [-0.15, -0.1) is 0 Å². The predicted molar refractivity (Wildman–Crippen MR) is 143 cm³/mol. The van der Waals surface area contributed by atoms with Gasteiger partial charge >= 0.3 is 11.9 Å². The average molecular weight is 593 g/mol. The summed E-state index contributed by atoms with van der Waals surface area (Å²) in [6.07, 6.45) is -3.89. The number of ether oxygens (including phenoxy) is 4. The van der Waals surface area contributed by atoms with E-state index in [-0.39, 0.29) is 46.2 Å². The molecule has 0 amide bonds. The first-order chi connectivity index (χ1) is 20.5. The first-order valence-electron chi connectivity index (χ1n) is 13.6. The molecule has 12 nitrogen and oxygen atoms in total. The third-order valence-electron chi connectivity index (χ3n) is 9.25. The van der Waals surface area contributed by atoms with Gasteiger partial charge in [0.15, 0.2) is 17.3 Å². The number of hydrogen-bond acceptors (Lipinski definition) is 12. The number of ketones is 3. The number of methoxy groups -OCH3 is 3. The maximum atomic E-state index is 14.6. The SMILES string of the molecule is COC(=O)C[C@@H]1C[C@@]23C4=C(C(=O)c5cccc(O)c5C4=O)[C@@H]([C@H](O)CC(=O)OC)[C@@H]2C(=O)c2c(O)cccc2[C@@]3(OC)O1. The smallest absolute Gasteiger partial charge is 0.308 e. The van der Waals surface area contributed by atoms with Crippen LogP contribution in [0.25, 0.3) is 0 Å². The Morgan fingerprint density at radius 1 is 0.953 bits per heavy atom. The Kier molecular flexibility index (Phi) is 6.56. The molecule has 2 aromatic rings. The number of esters is 2. The van der Waals surface area contributed by atoms with E-state index in [0.29, 0.717) is 0 Å². The predicted octanol–water partition coefficient (Wildman–Crippen LogP) is 1.98. The number of aliphatic hydroxyl groups is 1. The molecule has 43 heavy (non-hydrogen) atoms. The minimum Gasteiger partial charge on any atom is -0.507 e. The Labute approximate surface area is 244 Å². The summed E-state index contributed by atoms with van der Waals surface area (Å²) in [6, 6.07) is 8.19. The largest absolute Gasteiger partial charge is 0.507 e. The van der Waals surface area contributed by atoms with Gasteiger partial charge in [-0.2, -0.15) is 0 Å². The normalized spacial score (nSPS) is 29.3. The lowest BCUT2D eigenvalue weighted by atomic mass is 9.55. The summed E-state index contributed by atoms with van der Waals surface area (Å²) in [5, 5.41) is 33.3. The first-order valence-corrected chi connectivity index (χ1v) is 13.6. The van der Waals surface area contributed by atoms with Crippen LogP contribution in [0, 0.1) is 17.3 Å². The number of phenols is 2. The fraction of sp³-hybridized carbons (Fsp3) is 0.387. The van der Waals surface area contributed by atoms with Crippen LogP contribution in [0.2, 0.25) is 0 Å². The van der Waals surface area contributed by atoms with E-state index in [9.17, 15) is 39.3 Å². The molecule has 0 radical (unpaired) electrons. The lowest BCUT2D eigenvalue weighted by Crippen LogP contribution is -2.57. The van der Waals surface area contributed by atoms with Crippen LogP contribution in [0.15, 0.2) is 47.5 Å². The van der Waals surface area contributed by atoms with Crippen LogP contribution in [0.4, 0.5) is 0 Å². The van der Waals surface area contributed by atoms with Crippen LogP contribution in [-0.4, -0.2) is 78.1 Å². The molecule has 12 heteroatoms. The molecular formula is C31H28O12. The van der Waals surface area contributed by atoms with Crippen molar-refractivity contribution in [2.45, 2.75) is 37.3 Å². The first kappa shape index (κ1) is 28.7. The summed E-state index contributed by atoms with van der Waals surface area (Å²) < 4.78 is 22.2. The van der Waals surface area contributed by atoms with Crippen molar-refractivity contribution in [2.75, 3.05) is 21.3 Å². The number of carbonyl (C=O) groups is 5. The van der Waals surface area contributed by atoms with Gasteiger partial charge in [0.1, 0.15) is 11.5 Å². The molecule has 224 valence electrons. The van der Waals surface area contributed by atoms with E-state index in [1.54, 1.807) is 0 Å². The van der Waals surface area contributed by atoms with Crippen molar-refractivity contribution in [3.63, 3.8) is 0 Å². The quantitative estimate of drug-likeness (QED) is 0.415. The van der Waals surface area contributed by atoms with Gasteiger partial charge < -0.3 is 34.3 Å². The van der Waals surface area contributed by atoms with E-state index in [1.807, 2.05) is 0 Å².